The summed E-state index contributed by atoms with van der Waals surface area (Å²) < 4.78 is 6.17. The van der Waals surface area contributed by atoms with Gasteiger partial charge in [0.05, 0.1) is 6.61 Å². The van der Waals surface area contributed by atoms with Gasteiger partial charge in [0.15, 0.2) is 0 Å². The van der Waals surface area contributed by atoms with Gasteiger partial charge in [-0.25, -0.2) is 4.79 Å². The first-order valence-corrected chi connectivity index (χ1v) is 7.53. The van der Waals surface area contributed by atoms with E-state index in [-0.39, 0.29) is 5.75 Å². The lowest BCUT2D eigenvalue weighted by Crippen LogP contribution is -2.53. The Bertz CT molecular complexity index is 542. The molecule has 0 saturated heterocycles. The van der Waals surface area contributed by atoms with E-state index >= 15 is 0 Å². The van der Waals surface area contributed by atoms with Crippen LogP contribution in [0, 0.1) is 0 Å². The average Bonchev–Trinajstić information content (AvgIpc) is 2.43. The number of hydrogen-bond acceptors (Lipinski definition) is 6. The van der Waals surface area contributed by atoms with Crippen LogP contribution in [0.25, 0.3) is 0 Å². The molecule has 0 saturated carbocycles. The second-order valence-electron chi connectivity index (χ2n) is 4.19. The zero-order valence-corrected chi connectivity index (χ0v) is 12.6. The summed E-state index contributed by atoms with van der Waals surface area (Å²) in [7, 11) is 1.34. The zero-order chi connectivity index (χ0) is 15.3. The van der Waals surface area contributed by atoms with Gasteiger partial charge in [-0.3, -0.25) is 14.3 Å². The number of rotatable bonds is 7. The molecule has 9 heteroatoms. The van der Waals surface area contributed by atoms with E-state index in [0.717, 1.165) is 10.6 Å². The van der Waals surface area contributed by atoms with Crippen molar-refractivity contribution in [1.29, 1.82) is 0 Å². The lowest BCUT2D eigenvalue weighted by Gasteiger charge is -2.37. The Kier molecular flexibility index (Phi) is 6.28. The maximum atomic E-state index is 11.7. The minimum atomic E-state index is -1.35. The first-order valence-electron chi connectivity index (χ1n) is 5.70. The minimum absolute atomic E-state index is 0.280. The molecule has 1 aromatic heterocycles. The number of ether oxygens (including phenoxy) is 1. The van der Waals surface area contributed by atoms with E-state index in [1.165, 1.54) is 25.1 Å². The fraction of sp³-hybridized carbons (Fsp3) is 0.636. The van der Waals surface area contributed by atoms with Crippen molar-refractivity contribution in [3.8, 4) is 0 Å². The van der Waals surface area contributed by atoms with Crippen molar-refractivity contribution in [1.82, 2.24) is 9.55 Å². The summed E-state index contributed by atoms with van der Waals surface area (Å²) in [5, 5.41) is 19.8. The summed E-state index contributed by atoms with van der Waals surface area (Å²) in [4.78, 5) is 24.7. The van der Waals surface area contributed by atoms with Gasteiger partial charge in [0.1, 0.15) is 17.2 Å². The second kappa shape index (κ2) is 7.28. The average molecular weight is 325 g/mol. The molecular formula is C11H17ClN2O5S. The van der Waals surface area contributed by atoms with Gasteiger partial charge in [0, 0.05) is 25.1 Å². The number of nitrogens with zero attached hydrogens (tertiary/aromatic N) is 1. The standard InChI is InChI=1S/C11H17ClN2O5S/c1-19-11(5-15,6-20-2)8(17)9(12)14-4-3-7(16)13-10(14)18/h3-4,8-9,15,17H,5-6H2,1-2H3,(H,13,16,18)/t8-,9-,11-/m0/s1. The fourth-order valence-corrected chi connectivity index (χ4v) is 2.99. The molecule has 0 fully saturated rings. The van der Waals surface area contributed by atoms with Crippen molar-refractivity contribution in [2.24, 2.45) is 0 Å². The van der Waals surface area contributed by atoms with Crippen LogP contribution >= 0.6 is 23.4 Å². The summed E-state index contributed by atoms with van der Waals surface area (Å²) >= 11 is 7.44. The molecule has 3 atom stereocenters. The van der Waals surface area contributed by atoms with E-state index < -0.39 is 35.1 Å². The smallest absolute Gasteiger partial charge is 0.329 e. The van der Waals surface area contributed by atoms with Crippen molar-refractivity contribution in [2.75, 3.05) is 25.7 Å². The van der Waals surface area contributed by atoms with Gasteiger partial charge in [0.25, 0.3) is 5.56 Å². The van der Waals surface area contributed by atoms with Crippen LogP contribution in [0.3, 0.4) is 0 Å². The van der Waals surface area contributed by atoms with Crippen LogP contribution in [-0.2, 0) is 4.74 Å². The van der Waals surface area contributed by atoms with Crippen LogP contribution in [0.1, 0.15) is 5.50 Å². The van der Waals surface area contributed by atoms with Crippen molar-refractivity contribution in [3.63, 3.8) is 0 Å². The van der Waals surface area contributed by atoms with Gasteiger partial charge in [-0.15, -0.1) is 0 Å². The molecule has 0 aliphatic heterocycles. The quantitative estimate of drug-likeness (QED) is 0.577. The molecule has 3 N–H and O–H groups in total. The van der Waals surface area contributed by atoms with Gasteiger partial charge in [-0.05, 0) is 6.26 Å². The van der Waals surface area contributed by atoms with Crippen LogP contribution in [0.5, 0.6) is 0 Å². The topological polar surface area (TPSA) is 105 Å². The monoisotopic (exact) mass is 324 g/mol. The normalized spacial score (nSPS) is 17.4. The number of aromatic amines is 1. The van der Waals surface area contributed by atoms with Gasteiger partial charge in [-0.2, -0.15) is 11.8 Å². The Morgan fingerprint density at radius 3 is 2.70 bits per heavy atom. The molecule has 0 aromatic carbocycles. The summed E-state index contributed by atoms with van der Waals surface area (Å²) in [6.07, 6.45) is 1.61. The summed E-state index contributed by atoms with van der Waals surface area (Å²) in [5.74, 6) is 0.280. The van der Waals surface area contributed by atoms with E-state index in [4.69, 9.17) is 16.3 Å². The molecule has 0 unspecified atom stereocenters. The molecule has 1 aromatic rings. The first kappa shape index (κ1) is 17.3. The third kappa shape index (κ3) is 3.44. The predicted molar refractivity (Wildman–Crippen MR) is 77.4 cm³/mol. The van der Waals surface area contributed by atoms with Gasteiger partial charge in [-0.1, -0.05) is 11.6 Å². The highest BCUT2D eigenvalue weighted by atomic mass is 35.5. The van der Waals surface area contributed by atoms with Crippen molar-refractivity contribution < 1.29 is 14.9 Å². The molecule has 114 valence electrons. The fourth-order valence-electron chi connectivity index (χ4n) is 1.74. The number of H-pyrrole nitrogens is 1. The van der Waals surface area contributed by atoms with Crippen LogP contribution in [0.15, 0.2) is 21.9 Å². The molecule has 20 heavy (non-hydrogen) atoms. The van der Waals surface area contributed by atoms with Crippen LogP contribution in [0.2, 0.25) is 0 Å². The van der Waals surface area contributed by atoms with Gasteiger partial charge in [0.2, 0.25) is 0 Å². The molecule has 0 aliphatic rings. The Labute approximate surface area is 124 Å². The van der Waals surface area contributed by atoms with Crippen LogP contribution in [0.4, 0.5) is 0 Å². The van der Waals surface area contributed by atoms with E-state index in [1.54, 1.807) is 6.26 Å². The highest BCUT2D eigenvalue weighted by Gasteiger charge is 2.42. The largest absolute Gasteiger partial charge is 0.393 e. The van der Waals surface area contributed by atoms with Gasteiger partial charge >= 0.3 is 5.69 Å². The number of halogens is 1. The number of thioether (sulfide) groups is 1. The number of methoxy groups -OCH3 is 1. The highest BCUT2D eigenvalue weighted by Crippen LogP contribution is 2.29. The molecule has 1 rings (SSSR count). The number of nitrogens with one attached hydrogen (secondary N) is 1. The third-order valence-electron chi connectivity index (χ3n) is 2.98. The minimum Gasteiger partial charge on any atom is -0.393 e. The zero-order valence-electron chi connectivity index (χ0n) is 11.1. The molecule has 1 heterocycles. The van der Waals surface area contributed by atoms with Crippen molar-refractivity contribution >= 4 is 23.4 Å². The molecule has 7 nitrogen and oxygen atoms in total. The Morgan fingerprint density at radius 1 is 1.60 bits per heavy atom. The third-order valence-corrected chi connectivity index (χ3v) is 4.21. The number of aliphatic hydroxyl groups excluding tert-OH is 2. The van der Waals surface area contributed by atoms with Crippen molar-refractivity contribution in [3.05, 3.63) is 33.1 Å². The molecular weight excluding hydrogens is 308 g/mol. The molecule has 0 radical (unpaired) electrons. The van der Waals surface area contributed by atoms with E-state index in [2.05, 4.69) is 0 Å². The SMILES string of the molecule is CO[C@@](CO)(CSC)[C@@H](O)[C@@H](Cl)n1ccc(=O)[nH]c1=O. The Hall–Kier alpha value is -0.800. The number of hydrogen-bond donors (Lipinski definition) is 3. The van der Waals surface area contributed by atoms with Crippen LogP contribution in [-0.4, -0.2) is 57.2 Å². The number of alkyl halides is 1. The van der Waals surface area contributed by atoms with Crippen molar-refractivity contribution in [2.45, 2.75) is 17.2 Å². The maximum Gasteiger partial charge on any atom is 0.329 e. The first-order chi connectivity index (χ1) is 9.41. The second-order valence-corrected chi connectivity index (χ2v) is 5.51. The van der Waals surface area contributed by atoms with E-state index in [1.807, 2.05) is 4.98 Å². The summed E-state index contributed by atoms with van der Waals surface area (Å²) in [6.45, 7) is -0.465. The molecule has 0 spiro atoms. The molecule has 0 bridgehead atoms. The molecule has 0 amide bonds. The predicted octanol–water partition coefficient (Wildman–Crippen LogP) is -0.625. The Morgan fingerprint density at radius 2 is 2.25 bits per heavy atom. The summed E-state index contributed by atoms with van der Waals surface area (Å²) in [5.41, 5.74) is -3.81. The Balaban J connectivity index is 3.14. The van der Waals surface area contributed by atoms with Crippen LogP contribution < -0.4 is 11.2 Å². The number of aliphatic hydroxyl groups is 2. The lowest BCUT2D eigenvalue weighted by atomic mass is 9.99. The summed E-state index contributed by atoms with van der Waals surface area (Å²) in [6, 6.07) is 1.12. The van der Waals surface area contributed by atoms with Gasteiger partial charge < -0.3 is 14.9 Å². The molecule has 0 aliphatic carbocycles. The van der Waals surface area contributed by atoms with E-state index in [0.29, 0.717) is 0 Å². The highest BCUT2D eigenvalue weighted by molar-refractivity contribution is 7.98. The maximum absolute atomic E-state index is 11.7. The lowest BCUT2D eigenvalue weighted by molar-refractivity contribution is -0.120. The van der Waals surface area contributed by atoms with E-state index in [9.17, 15) is 19.8 Å². The number of aromatic nitrogens is 2.